The Labute approximate surface area is 95.3 Å². The van der Waals surface area contributed by atoms with Crippen LogP contribution >= 0.6 is 0 Å². The average molecular weight is 223 g/mol. The van der Waals surface area contributed by atoms with Gasteiger partial charge in [0.25, 0.3) is 0 Å². The van der Waals surface area contributed by atoms with Gasteiger partial charge in [0, 0.05) is 17.5 Å². The van der Waals surface area contributed by atoms with Crippen molar-refractivity contribution in [1.29, 1.82) is 0 Å². The summed E-state index contributed by atoms with van der Waals surface area (Å²) in [5.74, 6) is -0.335. The lowest BCUT2D eigenvalue weighted by Crippen LogP contribution is -2.42. The van der Waals surface area contributed by atoms with Gasteiger partial charge in [-0.25, -0.2) is 4.39 Å². The SMILES string of the molecule is Cc1ccc(F)c(C(O)C2(CN)CCC2)c1. The number of nitrogens with two attached hydrogens (primary N) is 1. The van der Waals surface area contributed by atoms with Gasteiger partial charge >= 0.3 is 0 Å². The van der Waals surface area contributed by atoms with E-state index in [4.69, 9.17) is 5.73 Å². The number of aliphatic hydroxyl groups excluding tert-OH is 1. The van der Waals surface area contributed by atoms with Crippen molar-refractivity contribution in [3.63, 3.8) is 0 Å². The van der Waals surface area contributed by atoms with Gasteiger partial charge in [-0.05, 0) is 25.8 Å². The summed E-state index contributed by atoms with van der Waals surface area (Å²) < 4.78 is 13.6. The summed E-state index contributed by atoms with van der Waals surface area (Å²) in [4.78, 5) is 0. The molecule has 0 bridgehead atoms. The minimum Gasteiger partial charge on any atom is -0.388 e. The molecule has 1 atom stereocenters. The van der Waals surface area contributed by atoms with Crippen LogP contribution in [0.15, 0.2) is 18.2 Å². The fourth-order valence-electron chi connectivity index (χ4n) is 2.42. The summed E-state index contributed by atoms with van der Waals surface area (Å²) in [6, 6.07) is 4.84. The van der Waals surface area contributed by atoms with Gasteiger partial charge in [0.1, 0.15) is 5.82 Å². The van der Waals surface area contributed by atoms with Crippen molar-refractivity contribution in [2.45, 2.75) is 32.3 Å². The molecule has 2 rings (SSSR count). The van der Waals surface area contributed by atoms with Gasteiger partial charge in [0.15, 0.2) is 0 Å². The van der Waals surface area contributed by atoms with E-state index in [0.717, 1.165) is 24.8 Å². The smallest absolute Gasteiger partial charge is 0.129 e. The standard InChI is InChI=1S/C13H18FNO/c1-9-3-4-11(14)10(7-9)12(16)13(8-15)5-2-6-13/h3-4,7,12,16H,2,5-6,8,15H2,1H3. The van der Waals surface area contributed by atoms with Gasteiger partial charge < -0.3 is 10.8 Å². The molecule has 3 N–H and O–H groups in total. The maximum absolute atomic E-state index is 13.6. The molecule has 0 saturated heterocycles. The van der Waals surface area contributed by atoms with Gasteiger partial charge in [-0.2, -0.15) is 0 Å². The predicted molar refractivity (Wildman–Crippen MR) is 61.4 cm³/mol. The first-order chi connectivity index (χ1) is 7.59. The van der Waals surface area contributed by atoms with E-state index in [-0.39, 0.29) is 11.2 Å². The number of rotatable bonds is 3. The van der Waals surface area contributed by atoms with Crippen molar-refractivity contribution >= 4 is 0 Å². The van der Waals surface area contributed by atoms with Gasteiger partial charge in [-0.3, -0.25) is 0 Å². The molecule has 88 valence electrons. The molecule has 2 nitrogen and oxygen atoms in total. The first kappa shape index (κ1) is 11.6. The van der Waals surface area contributed by atoms with Crippen LogP contribution < -0.4 is 5.73 Å². The summed E-state index contributed by atoms with van der Waals surface area (Å²) in [7, 11) is 0. The van der Waals surface area contributed by atoms with E-state index < -0.39 is 6.10 Å². The first-order valence-corrected chi connectivity index (χ1v) is 5.73. The predicted octanol–water partition coefficient (Wildman–Crippen LogP) is 2.30. The second-order valence-corrected chi connectivity index (χ2v) is 4.85. The molecule has 0 heterocycles. The second kappa shape index (κ2) is 4.15. The van der Waals surface area contributed by atoms with E-state index in [1.807, 2.05) is 6.92 Å². The topological polar surface area (TPSA) is 46.2 Å². The van der Waals surface area contributed by atoms with Crippen LogP contribution in [0.25, 0.3) is 0 Å². The molecular weight excluding hydrogens is 205 g/mol. The molecule has 16 heavy (non-hydrogen) atoms. The monoisotopic (exact) mass is 223 g/mol. The summed E-state index contributed by atoms with van der Waals surface area (Å²) in [5, 5.41) is 10.3. The number of halogens is 1. The molecule has 1 aliphatic rings. The Morgan fingerprint density at radius 3 is 2.69 bits per heavy atom. The van der Waals surface area contributed by atoms with Crippen LogP contribution in [0.2, 0.25) is 0 Å². The molecule has 1 aliphatic carbocycles. The maximum Gasteiger partial charge on any atom is 0.129 e. The third-order valence-electron chi connectivity index (χ3n) is 3.78. The highest BCUT2D eigenvalue weighted by molar-refractivity contribution is 5.28. The summed E-state index contributed by atoms with van der Waals surface area (Å²) in [5.41, 5.74) is 6.77. The molecule has 0 spiro atoms. The highest BCUT2D eigenvalue weighted by atomic mass is 19.1. The third-order valence-corrected chi connectivity index (χ3v) is 3.78. The zero-order valence-electron chi connectivity index (χ0n) is 9.54. The van der Waals surface area contributed by atoms with Crippen molar-refractivity contribution in [1.82, 2.24) is 0 Å². The van der Waals surface area contributed by atoms with Crippen LogP contribution in [0.3, 0.4) is 0 Å². The van der Waals surface area contributed by atoms with Crippen LogP contribution in [0, 0.1) is 18.2 Å². The normalized spacial score (nSPS) is 20.2. The van der Waals surface area contributed by atoms with E-state index in [0.29, 0.717) is 12.1 Å². The van der Waals surface area contributed by atoms with E-state index >= 15 is 0 Å². The highest BCUT2D eigenvalue weighted by Crippen LogP contribution is 2.49. The first-order valence-electron chi connectivity index (χ1n) is 5.73. The Morgan fingerprint density at radius 1 is 1.50 bits per heavy atom. The molecule has 1 fully saturated rings. The van der Waals surface area contributed by atoms with Crippen molar-refractivity contribution in [2.75, 3.05) is 6.54 Å². The Morgan fingerprint density at radius 2 is 2.19 bits per heavy atom. The molecule has 1 unspecified atom stereocenters. The minimum absolute atomic E-state index is 0.297. The minimum atomic E-state index is -0.772. The largest absolute Gasteiger partial charge is 0.388 e. The van der Waals surface area contributed by atoms with Crippen molar-refractivity contribution in [2.24, 2.45) is 11.1 Å². The fraction of sp³-hybridized carbons (Fsp3) is 0.538. The molecule has 0 aliphatic heterocycles. The Hall–Kier alpha value is -0.930. The van der Waals surface area contributed by atoms with E-state index in [1.54, 1.807) is 12.1 Å². The van der Waals surface area contributed by atoms with Gasteiger partial charge in [0.05, 0.1) is 6.10 Å². The molecule has 1 aromatic rings. The molecule has 0 radical (unpaired) electrons. The van der Waals surface area contributed by atoms with Crippen molar-refractivity contribution in [3.8, 4) is 0 Å². The number of hydrogen-bond acceptors (Lipinski definition) is 2. The van der Waals surface area contributed by atoms with Crippen LogP contribution in [0.5, 0.6) is 0 Å². The van der Waals surface area contributed by atoms with Crippen LogP contribution in [-0.4, -0.2) is 11.7 Å². The molecule has 3 heteroatoms. The molecular formula is C13H18FNO. The summed E-state index contributed by atoms with van der Waals surface area (Å²) in [6.45, 7) is 2.31. The molecule has 0 aromatic heterocycles. The maximum atomic E-state index is 13.6. The van der Waals surface area contributed by atoms with Gasteiger partial charge in [0.2, 0.25) is 0 Å². The van der Waals surface area contributed by atoms with Crippen LogP contribution in [-0.2, 0) is 0 Å². The van der Waals surface area contributed by atoms with E-state index in [1.165, 1.54) is 6.07 Å². The van der Waals surface area contributed by atoms with Crippen molar-refractivity contribution < 1.29 is 9.50 Å². The van der Waals surface area contributed by atoms with Gasteiger partial charge in [-0.15, -0.1) is 0 Å². The lowest BCUT2D eigenvalue weighted by molar-refractivity contribution is -0.0316. The zero-order chi connectivity index (χ0) is 11.8. The second-order valence-electron chi connectivity index (χ2n) is 4.85. The van der Waals surface area contributed by atoms with E-state index in [9.17, 15) is 9.50 Å². The van der Waals surface area contributed by atoms with Crippen LogP contribution in [0.4, 0.5) is 4.39 Å². The average Bonchev–Trinajstić information content (AvgIpc) is 2.21. The fourth-order valence-corrected chi connectivity index (χ4v) is 2.42. The molecule has 0 amide bonds. The number of aliphatic hydroxyl groups is 1. The number of aryl methyl sites for hydroxylation is 1. The van der Waals surface area contributed by atoms with Crippen LogP contribution in [0.1, 0.15) is 36.5 Å². The number of hydrogen-bond donors (Lipinski definition) is 2. The lowest BCUT2D eigenvalue weighted by Gasteiger charge is -2.45. The Balaban J connectivity index is 2.32. The quantitative estimate of drug-likeness (QED) is 0.826. The Bertz CT molecular complexity index is 382. The molecule has 1 saturated carbocycles. The van der Waals surface area contributed by atoms with Gasteiger partial charge in [-0.1, -0.05) is 24.1 Å². The number of benzene rings is 1. The zero-order valence-corrected chi connectivity index (χ0v) is 9.54. The lowest BCUT2D eigenvalue weighted by atomic mass is 9.63. The third kappa shape index (κ3) is 1.74. The summed E-state index contributed by atoms with van der Waals surface area (Å²) in [6.07, 6.45) is 2.07. The van der Waals surface area contributed by atoms with E-state index in [2.05, 4.69) is 0 Å². The van der Waals surface area contributed by atoms with Crippen molar-refractivity contribution in [3.05, 3.63) is 35.1 Å². The summed E-state index contributed by atoms with van der Waals surface area (Å²) >= 11 is 0. The Kier molecular flexibility index (Phi) is 3.00. The highest BCUT2D eigenvalue weighted by Gasteiger charge is 2.43. The molecule has 1 aromatic carbocycles.